The highest BCUT2D eigenvalue weighted by Gasteiger charge is 2.05. The van der Waals surface area contributed by atoms with Crippen molar-refractivity contribution in [3.63, 3.8) is 0 Å². The van der Waals surface area contributed by atoms with Crippen molar-refractivity contribution in [3.8, 4) is 0 Å². The lowest BCUT2D eigenvalue weighted by atomic mass is 9.93. The molecule has 0 saturated heterocycles. The SMILES string of the molecule is C=C[CH]C(CCCC)CCCCC. The van der Waals surface area contributed by atoms with Gasteiger partial charge in [0.05, 0.1) is 0 Å². The summed E-state index contributed by atoms with van der Waals surface area (Å²) >= 11 is 0. The molecule has 0 rings (SSSR count). The number of rotatable bonds is 9. The van der Waals surface area contributed by atoms with Crippen molar-refractivity contribution >= 4 is 0 Å². The average molecular weight is 181 g/mol. The first kappa shape index (κ1) is 12.7. The minimum Gasteiger partial charge on any atom is -0.103 e. The number of hydrogen-bond acceptors (Lipinski definition) is 0. The Kier molecular flexibility index (Phi) is 9.63. The van der Waals surface area contributed by atoms with Gasteiger partial charge in [0, 0.05) is 0 Å². The van der Waals surface area contributed by atoms with Crippen LogP contribution in [0.5, 0.6) is 0 Å². The first-order valence-corrected chi connectivity index (χ1v) is 5.81. The maximum atomic E-state index is 3.78. The smallest absolute Gasteiger partial charge is 0.0142 e. The summed E-state index contributed by atoms with van der Waals surface area (Å²) in [5.74, 6) is 0.795. The van der Waals surface area contributed by atoms with E-state index in [1.54, 1.807) is 0 Å². The van der Waals surface area contributed by atoms with Crippen molar-refractivity contribution in [2.24, 2.45) is 5.92 Å². The summed E-state index contributed by atoms with van der Waals surface area (Å²) in [5.41, 5.74) is 0. The quantitative estimate of drug-likeness (QED) is 0.450. The lowest BCUT2D eigenvalue weighted by Crippen LogP contribution is -1.99. The molecule has 0 aliphatic rings. The van der Waals surface area contributed by atoms with E-state index in [0.717, 1.165) is 5.92 Å². The molecule has 0 fully saturated rings. The van der Waals surface area contributed by atoms with Crippen molar-refractivity contribution < 1.29 is 0 Å². The second-order valence-corrected chi connectivity index (χ2v) is 3.83. The maximum absolute atomic E-state index is 3.78. The Morgan fingerprint density at radius 2 is 1.62 bits per heavy atom. The summed E-state index contributed by atoms with van der Waals surface area (Å²) in [6, 6.07) is 0. The molecule has 0 spiro atoms. The van der Waals surface area contributed by atoms with Crippen molar-refractivity contribution in [3.05, 3.63) is 19.1 Å². The van der Waals surface area contributed by atoms with E-state index in [1.165, 1.54) is 44.9 Å². The molecular formula is C13H25. The molecule has 77 valence electrons. The van der Waals surface area contributed by atoms with Crippen LogP contribution in [0.2, 0.25) is 0 Å². The van der Waals surface area contributed by atoms with Gasteiger partial charge in [-0.05, 0) is 25.2 Å². The van der Waals surface area contributed by atoms with E-state index in [9.17, 15) is 0 Å². The maximum Gasteiger partial charge on any atom is -0.0142 e. The highest BCUT2D eigenvalue weighted by atomic mass is 14.1. The van der Waals surface area contributed by atoms with Crippen LogP contribution in [0, 0.1) is 12.3 Å². The summed E-state index contributed by atoms with van der Waals surface area (Å²) < 4.78 is 0. The molecule has 0 aromatic rings. The van der Waals surface area contributed by atoms with Gasteiger partial charge in [0.2, 0.25) is 0 Å². The fraction of sp³-hybridized carbons (Fsp3) is 0.769. The fourth-order valence-electron chi connectivity index (χ4n) is 1.65. The monoisotopic (exact) mass is 181 g/mol. The highest BCUT2D eigenvalue weighted by Crippen LogP contribution is 2.19. The molecule has 0 heterocycles. The molecule has 0 aliphatic heterocycles. The summed E-state index contributed by atoms with van der Waals surface area (Å²) in [4.78, 5) is 0. The summed E-state index contributed by atoms with van der Waals surface area (Å²) in [7, 11) is 0. The van der Waals surface area contributed by atoms with Gasteiger partial charge in [-0.15, -0.1) is 6.58 Å². The van der Waals surface area contributed by atoms with Crippen LogP contribution in [0.4, 0.5) is 0 Å². The first-order chi connectivity index (χ1) is 6.35. The lowest BCUT2D eigenvalue weighted by molar-refractivity contribution is 0.471. The van der Waals surface area contributed by atoms with E-state index in [2.05, 4.69) is 26.8 Å². The molecule has 13 heavy (non-hydrogen) atoms. The predicted molar refractivity (Wildman–Crippen MR) is 61.7 cm³/mol. The van der Waals surface area contributed by atoms with Gasteiger partial charge in [-0.2, -0.15) is 0 Å². The van der Waals surface area contributed by atoms with Crippen LogP contribution in [0.1, 0.15) is 58.8 Å². The summed E-state index contributed by atoms with van der Waals surface area (Å²) in [5, 5.41) is 0. The van der Waals surface area contributed by atoms with Gasteiger partial charge >= 0.3 is 0 Å². The van der Waals surface area contributed by atoms with Gasteiger partial charge in [0.25, 0.3) is 0 Å². The molecule has 0 aliphatic carbocycles. The van der Waals surface area contributed by atoms with Crippen LogP contribution in [0.15, 0.2) is 12.7 Å². The molecule has 1 unspecified atom stereocenters. The summed E-state index contributed by atoms with van der Waals surface area (Å²) in [6.07, 6.45) is 13.7. The highest BCUT2D eigenvalue weighted by molar-refractivity contribution is 4.92. The second kappa shape index (κ2) is 9.83. The zero-order chi connectivity index (χ0) is 9.94. The van der Waals surface area contributed by atoms with E-state index in [0.29, 0.717) is 0 Å². The minimum absolute atomic E-state index is 0.795. The van der Waals surface area contributed by atoms with Crippen LogP contribution in [0.3, 0.4) is 0 Å². The molecule has 0 heteroatoms. The van der Waals surface area contributed by atoms with E-state index >= 15 is 0 Å². The molecule has 0 bridgehead atoms. The standard InChI is InChI=1S/C13H25/c1-4-7-9-12-13(10-6-3)11-8-5-2/h6,10,13H,3-5,7-9,11-12H2,1-2H3. The van der Waals surface area contributed by atoms with Gasteiger partial charge < -0.3 is 0 Å². The first-order valence-electron chi connectivity index (χ1n) is 5.81. The minimum atomic E-state index is 0.795. The van der Waals surface area contributed by atoms with Crippen LogP contribution >= 0.6 is 0 Å². The Labute approximate surface area is 84.4 Å². The Morgan fingerprint density at radius 1 is 1.00 bits per heavy atom. The van der Waals surface area contributed by atoms with Crippen molar-refractivity contribution in [2.45, 2.75) is 58.8 Å². The van der Waals surface area contributed by atoms with Crippen LogP contribution < -0.4 is 0 Å². The van der Waals surface area contributed by atoms with Gasteiger partial charge in [0.15, 0.2) is 0 Å². The van der Waals surface area contributed by atoms with Crippen LogP contribution in [-0.4, -0.2) is 0 Å². The third kappa shape index (κ3) is 8.08. The van der Waals surface area contributed by atoms with E-state index in [1.807, 2.05) is 6.08 Å². The van der Waals surface area contributed by atoms with Crippen molar-refractivity contribution in [1.29, 1.82) is 0 Å². The molecule has 0 aromatic carbocycles. The number of allylic oxidation sites excluding steroid dienone is 1. The van der Waals surface area contributed by atoms with Crippen molar-refractivity contribution in [2.75, 3.05) is 0 Å². The van der Waals surface area contributed by atoms with E-state index < -0.39 is 0 Å². The third-order valence-corrected chi connectivity index (χ3v) is 2.52. The summed E-state index contributed by atoms with van der Waals surface area (Å²) in [6.45, 7) is 8.30. The van der Waals surface area contributed by atoms with E-state index in [4.69, 9.17) is 0 Å². The molecule has 0 saturated carbocycles. The van der Waals surface area contributed by atoms with Gasteiger partial charge in [-0.25, -0.2) is 0 Å². The largest absolute Gasteiger partial charge is 0.103 e. The molecule has 0 aromatic heterocycles. The van der Waals surface area contributed by atoms with Gasteiger partial charge in [-0.3, -0.25) is 0 Å². The van der Waals surface area contributed by atoms with Crippen LogP contribution in [0.25, 0.3) is 0 Å². The fourth-order valence-corrected chi connectivity index (χ4v) is 1.65. The molecular weight excluding hydrogens is 156 g/mol. The molecule has 1 radical (unpaired) electrons. The van der Waals surface area contributed by atoms with Gasteiger partial charge in [0.1, 0.15) is 0 Å². The third-order valence-electron chi connectivity index (χ3n) is 2.52. The molecule has 0 amide bonds. The van der Waals surface area contributed by atoms with E-state index in [-0.39, 0.29) is 0 Å². The molecule has 0 N–H and O–H groups in total. The Balaban J connectivity index is 3.47. The number of hydrogen-bond donors (Lipinski definition) is 0. The van der Waals surface area contributed by atoms with Crippen LogP contribution in [-0.2, 0) is 0 Å². The zero-order valence-corrected chi connectivity index (χ0v) is 9.39. The lowest BCUT2D eigenvalue weighted by Gasteiger charge is -2.13. The van der Waals surface area contributed by atoms with Crippen molar-refractivity contribution in [1.82, 2.24) is 0 Å². The average Bonchev–Trinajstić information content (AvgIpc) is 2.14. The zero-order valence-electron chi connectivity index (χ0n) is 9.39. The normalized spacial score (nSPS) is 12.8. The Hall–Kier alpha value is -0.260. The Bertz CT molecular complexity index is 105. The number of unbranched alkanes of at least 4 members (excludes halogenated alkanes) is 3. The second-order valence-electron chi connectivity index (χ2n) is 3.83. The topological polar surface area (TPSA) is 0 Å². The molecule has 1 atom stereocenters. The van der Waals surface area contributed by atoms with Gasteiger partial charge in [-0.1, -0.05) is 52.0 Å². The Morgan fingerprint density at radius 3 is 2.15 bits per heavy atom. The predicted octanol–water partition coefficient (Wildman–Crippen LogP) is 4.76. The molecule has 0 nitrogen and oxygen atoms in total.